The molecule has 10 heteroatoms. The third kappa shape index (κ3) is 5.14. The highest BCUT2D eigenvalue weighted by molar-refractivity contribution is 6.37. The Morgan fingerprint density at radius 2 is 1.82 bits per heavy atom. The number of nitrogens with one attached hydrogen (secondary N) is 4. The van der Waals surface area contributed by atoms with Gasteiger partial charge in [0.15, 0.2) is 0 Å². The molecule has 38 heavy (non-hydrogen) atoms. The third-order valence-electron chi connectivity index (χ3n) is 6.19. The number of amides is 2. The van der Waals surface area contributed by atoms with Gasteiger partial charge in [-0.3, -0.25) is 19.7 Å². The summed E-state index contributed by atoms with van der Waals surface area (Å²) in [5.41, 5.74) is 5.90. The van der Waals surface area contributed by atoms with Crippen LogP contribution in [-0.2, 0) is 16.0 Å². The summed E-state index contributed by atoms with van der Waals surface area (Å²) < 4.78 is 0. The van der Waals surface area contributed by atoms with Crippen LogP contribution in [0.5, 0.6) is 0 Å². The topological polar surface area (TPSA) is 142 Å². The van der Waals surface area contributed by atoms with Gasteiger partial charge in [0.2, 0.25) is 5.91 Å². The second kappa shape index (κ2) is 10.4. The molecule has 0 spiro atoms. The number of carbonyl (C=O) groups excluding carboxylic acids is 2. The van der Waals surface area contributed by atoms with Gasteiger partial charge in [-0.1, -0.05) is 36.4 Å². The predicted octanol–water partition coefficient (Wildman–Crippen LogP) is 4.60. The smallest absolute Gasteiger partial charge is 0.270 e. The Labute approximate surface area is 218 Å². The molecule has 1 aliphatic rings. The molecule has 10 nitrogen and oxygen atoms in total. The van der Waals surface area contributed by atoms with Gasteiger partial charge in [0.05, 0.1) is 28.2 Å². The number of nitrogens with zero attached hydrogens (tertiary/aromatic N) is 2. The summed E-state index contributed by atoms with van der Waals surface area (Å²) in [6.07, 6.45) is 4.07. The van der Waals surface area contributed by atoms with Crippen LogP contribution in [0.1, 0.15) is 23.6 Å². The first kappa shape index (κ1) is 24.4. The maximum absolute atomic E-state index is 13.2. The summed E-state index contributed by atoms with van der Waals surface area (Å²) >= 11 is 0. The number of carbonyl (C=O) groups is 2. The molecule has 190 valence electrons. The van der Waals surface area contributed by atoms with Gasteiger partial charge in [-0.15, -0.1) is 0 Å². The molecule has 4 N–H and O–H groups in total. The Morgan fingerprint density at radius 3 is 2.47 bits per heavy atom. The Bertz CT molecular complexity index is 1540. The van der Waals surface area contributed by atoms with Crippen molar-refractivity contribution >= 4 is 40.1 Å². The molecule has 0 bridgehead atoms. The van der Waals surface area contributed by atoms with E-state index in [1.165, 1.54) is 19.1 Å². The van der Waals surface area contributed by atoms with Crippen molar-refractivity contribution in [3.05, 3.63) is 106 Å². The van der Waals surface area contributed by atoms with Crippen molar-refractivity contribution < 1.29 is 14.5 Å². The van der Waals surface area contributed by atoms with Crippen LogP contribution in [0, 0.1) is 10.1 Å². The molecule has 0 fully saturated rings. The number of hydrogen-bond donors (Lipinski definition) is 4. The zero-order valence-electron chi connectivity index (χ0n) is 20.4. The molecule has 1 aliphatic heterocycles. The number of aromatic nitrogens is 2. The molecule has 3 aromatic carbocycles. The molecular formula is C28H24N6O4. The number of aromatic amines is 1. The average Bonchev–Trinajstić information content (AvgIpc) is 3.55. The minimum absolute atomic E-state index is 0.0869. The van der Waals surface area contributed by atoms with Crippen LogP contribution in [0.3, 0.4) is 0 Å². The zero-order valence-corrected chi connectivity index (χ0v) is 20.4. The first-order valence-corrected chi connectivity index (χ1v) is 11.9. The maximum atomic E-state index is 13.2. The van der Waals surface area contributed by atoms with E-state index in [1.54, 1.807) is 18.6 Å². The van der Waals surface area contributed by atoms with Crippen molar-refractivity contribution in [3.63, 3.8) is 0 Å². The highest BCUT2D eigenvalue weighted by Gasteiger charge is 2.30. The van der Waals surface area contributed by atoms with E-state index in [-0.39, 0.29) is 17.5 Å². The second-order valence-corrected chi connectivity index (χ2v) is 8.78. The molecule has 0 radical (unpaired) electrons. The zero-order chi connectivity index (χ0) is 26.6. The van der Waals surface area contributed by atoms with Gasteiger partial charge in [-0.2, -0.15) is 0 Å². The lowest BCUT2D eigenvalue weighted by molar-refractivity contribution is -0.384. The van der Waals surface area contributed by atoms with Gasteiger partial charge in [-0.05, 0) is 35.7 Å². The van der Waals surface area contributed by atoms with Crippen LogP contribution in [0.4, 0.5) is 17.1 Å². The fourth-order valence-electron chi connectivity index (χ4n) is 4.30. The minimum Gasteiger partial charge on any atom is -0.356 e. The first-order valence-electron chi connectivity index (χ1n) is 11.9. The molecule has 1 aromatic heterocycles. The Balaban J connectivity index is 1.55. The number of fused-ring (bicyclic) bond motifs is 1. The van der Waals surface area contributed by atoms with E-state index in [0.29, 0.717) is 35.5 Å². The summed E-state index contributed by atoms with van der Waals surface area (Å²) in [5, 5.41) is 20.4. The molecule has 0 saturated carbocycles. The number of nitro benzene ring substituents is 1. The molecule has 4 aromatic rings. The average molecular weight is 509 g/mol. The van der Waals surface area contributed by atoms with E-state index in [2.05, 4.69) is 25.9 Å². The Kier molecular flexibility index (Phi) is 6.68. The minimum atomic E-state index is -0.481. The Hall–Kier alpha value is -5.25. The first-order chi connectivity index (χ1) is 18.4. The van der Waals surface area contributed by atoms with E-state index in [4.69, 9.17) is 0 Å². The molecule has 5 rings (SSSR count). The predicted molar refractivity (Wildman–Crippen MR) is 145 cm³/mol. The number of rotatable bonds is 8. The van der Waals surface area contributed by atoms with Crippen LogP contribution in [-0.4, -0.2) is 33.3 Å². The van der Waals surface area contributed by atoms with Crippen molar-refractivity contribution in [1.29, 1.82) is 0 Å². The van der Waals surface area contributed by atoms with Gasteiger partial charge < -0.3 is 20.9 Å². The largest absolute Gasteiger partial charge is 0.356 e. The Morgan fingerprint density at radius 1 is 1.05 bits per heavy atom. The normalized spacial score (nSPS) is 13.4. The van der Waals surface area contributed by atoms with Gasteiger partial charge in [0, 0.05) is 54.3 Å². The van der Waals surface area contributed by atoms with Crippen LogP contribution in [0.2, 0.25) is 0 Å². The summed E-state index contributed by atoms with van der Waals surface area (Å²) in [7, 11) is 0. The number of non-ortho nitro benzene ring substituents is 1. The summed E-state index contributed by atoms with van der Waals surface area (Å²) in [4.78, 5) is 42.5. The fraction of sp³-hybridized carbons (Fsp3) is 0.107. The van der Waals surface area contributed by atoms with Crippen molar-refractivity contribution in [2.75, 3.05) is 17.2 Å². The SMILES string of the molecule is CC(=O)NCCc1ccc(/C(Nc2ccc(-c3c[nH]cn3)cc2)=C2/C(=O)Nc3ccc([N+](=O)[O-])cc32)cc1. The number of nitro groups is 1. The van der Waals surface area contributed by atoms with Crippen molar-refractivity contribution in [1.82, 2.24) is 15.3 Å². The van der Waals surface area contributed by atoms with Gasteiger partial charge in [0.1, 0.15) is 0 Å². The highest BCUT2D eigenvalue weighted by Crippen LogP contribution is 2.39. The molecule has 2 amide bonds. The summed E-state index contributed by atoms with van der Waals surface area (Å²) in [5.74, 6) is -0.443. The summed E-state index contributed by atoms with van der Waals surface area (Å²) in [6, 6.07) is 19.6. The van der Waals surface area contributed by atoms with Crippen molar-refractivity contribution in [2.45, 2.75) is 13.3 Å². The van der Waals surface area contributed by atoms with Crippen molar-refractivity contribution in [3.8, 4) is 11.3 Å². The van der Waals surface area contributed by atoms with Gasteiger partial charge >= 0.3 is 0 Å². The highest BCUT2D eigenvalue weighted by atomic mass is 16.6. The van der Waals surface area contributed by atoms with Crippen LogP contribution >= 0.6 is 0 Å². The summed E-state index contributed by atoms with van der Waals surface area (Å²) in [6.45, 7) is 1.99. The van der Waals surface area contributed by atoms with Gasteiger partial charge in [-0.25, -0.2) is 4.98 Å². The molecule has 0 aliphatic carbocycles. The van der Waals surface area contributed by atoms with Gasteiger partial charge in [0.25, 0.3) is 11.6 Å². The van der Waals surface area contributed by atoms with Crippen LogP contribution in [0.15, 0.2) is 79.3 Å². The van der Waals surface area contributed by atoms with Crippen molar-refractivity contribution in [2.24, 2.45) is 0 Å². The molecule has 0 saturated heterocycles. The monoisotopic (exact) mass is 508 g/mol. The standard InChI is InChI=1S/C28H24N6O4/c1-17(35)30-13-12-18-2-4-20(5-3-18)27(32-21-8-6-19(7-9-21)25-15-29-16-31-25)26-23-14-22(34(37)38)10-11-24(23)33-28(26)36/h2-11,14-16,32H,12-13H2,1H3,(H,29,31)(H,30,35)(H,33,36)/b27-26-. The van der Waals surface area contributed by atoms with E-state index < -0.39 is 4.92 Å². The fourth-order valence-corrected chi connectivity index (χ4v) is 4.30. The third-order valence-corrected chi connectivity index (χ3v) is 6.19. The molecule has 2 heterocycles. The lowest BCUT2D eigenvalue weighted by Crippen LogP contribution is -2.22. The quantitative estimate of drug-likeness (QED) is 0.156. The molecule has 0 unspecified atom stereocenters. The van der Waals surface area contributed by atoms with Crippen LogP contribution < -0.4 is 16.0 Å². The van der Waals surface area contributed by atoms with Crippen LogP contribution in [0.25, 0.3) is 22.5 Å². The number of imidazole rings is 1. The number of benzene rings is 3. The lowest BCUT2D eigenvalue weighted by atomic mass is 9.98. The second-order valence-electron chi connectivity index (χ2n) is 8.78. The molecular weight excluding hydrogens is 484 g/mol. The van der Waals surface area contributed by atoms with E-state index in [0.717, 1.165) is 28.1 Å². The number of H-pyrrole nitrogens is 1. The number of anilines is 2. The molecule has 0 atom stereocenters. The van der Waals surface area contributed by atoms with E-state index >= 15 is 0 Å². The number of hydrogen-bond acceptors (Lipinski definition) is 6. The van der Waals surface area contributed by atoms with E-state index in [9.17, 15) is 19.7 Å². The lowest BCUT2D eigenvalue weighted by Gasteiger charge is -2.16. The maximum Gasteiger partial charge on any atom is 0.270 e. The van der Waals surface area contributed by atoms with E-state index in [1.807, 2.05) is 48.5 Å².